The number of ether oxygens (including phenoxy) is 1. The highest BCUT2D eigenvalue weighted by Gasteiger charge is 2.38. The van der Waals surface area contributed by atoms with E-state index in [0.29, 0.717) is 72.6 Å². The first-order valence-electron chi connectivity index (χ1n) is 56.3. The number of fused-ring (bicyclic) bond motifs is 14. The van der Waals surface area contributed by atoms with E-state index in [2.05, 4.69) is 54.6 Å². The number of furan rings is 3. The lowest BCUT2D eigenvalue weighted by atomic mass is 9.82. The Morgan fingerprint density at radius 1 is 0.189 bits per heavy atom. The van der Waals surface area contributed by atoms with Gasteiger partial charge in [-0.05, 0) is 223 Å². The molecule has 0 saturated heterocycles. The lowest BCUT2D eigenvalue weighted by Gasteiger charge is -2.23. The van der Waals surface area contributed by atoms with Crippen molar-refractivity contribution >= 4 is 184 Å². The van der Waals surface area contributed by atoms with E-state index in [-0.39, 0.29) is 287 Å². The maximum Gasteiger partial charge on any atom is 0.143 e. The topological polar surface area (TPSA) is 48.7 Å². The zero-order chi connectivity index (χ0) is 107. The monoisotopic (exact) mass is 1700 g/mol. The summed E-state index contributed by atoms with van der Waals surface area (Å²) in [4.78, 5) is 0. The van der Waals surface area contributed by atoms with Crippen LogP contribution in [0.1, 0.15) is 70.1 Å². The molecule has 30 rings (SSSR count). The zero-order valence-electron chi connectivity index (χ0n) is 94.2. The maximum atomic E-state index is 9.60. The van der Waals surface area contributed by atoms with Crippen molar-refractivity contribution in [3.63, 3.8) is 0 Å². The van der Waals surface area contributed by atoms with Gasteiger partial charge in [0.15, 0.2) is 0 Å². The number of hydrogen-bond donors (Lipinski definition) is 0. The van der Waals surface area contributed by atoms with Crippen molar-refractivity contribution in [3.05, 3.63) is 430 Å². The first-order valence-corrected chi connectivity index (χ1v) is 44.3. The van der Waals surface area contributed by atoms with Crippen molar-refractivity contribution in [1.29, 1.82) is 0 Å². The molecular formula is C128H80O4. The van der Waals surface area contributed by atoms with Gasteiger partial charge in [-0.2, -0.15) is 0 Å². The summed E-state index contributed by atoms with van der Waals surface area (Å²) in [5.41, 5.74) is 13.0. The Morgan fingerprint density at radius 3 is 0.848 bits per heavy atom. The number of para-hydroxylation sites is 7. The highest BCUT2D eigenvalue weighted by atomic mass is 16.5. The Hall–Kier alpha value is -16.7. The van der Waals surface area contributed by atoms with Gasteiger partial charge in [-0.25, -0.2) is 0 Å². The van der Waals surface area contributed by atoms with Crippen molar-refractivity contribution in [2.24, 2.45) is 0 Å². The van der Waals surface area contributed by atoms with Crippen LogP contribution >= 0.6 is 0 Å². The van der Waals surface area contributed by atoms with Gasteiger partial charge < -0.3 is 18.0 Å². The van der Waals surface area contributed by atoms with E-state index >= 15 is 0 Å². The fourth-order valence-electron chi connectivity index (χ4n) is 21.1. The fraction of sp³-hybridized carbons (Fsp3) is 0.0469. The average Bonchev–Trinajstić information content (AvgIpc) is 0.890. The third-order valence-corrected chi connectivity index (χ3v) is 27.3. The second-order valence-corrected chi connectivity index (χ2v) is 34.3. The summed E-state index contributed by atoms with van der Waals surface area (Å²) in [6.45, 7) is 0. The van der Waals surface area contributed by atoms with Gasteiger partial charge in [0, 0.05) is 66.1 Å². The summed E-state index contributed by atoms with van der Waals surface area (Å²) in [6.07, 6.45) is 4.11. The molecule has 1 aliphatic carbocycles. The van der Waals surface area contributed by atoms with Gasteiger partial charge >= 0.3 is 0 Å². The Bertz CT molecular complexity index is 10800. The summed E-state index contributed by atoms with van der Waals surface area (Å²) >= 11 is 0. The summed E-state index contributed by atoms with van der Waals surface area (Å²) in [5.74, 6) is 0.860. The Labute approximate surface area is 793 Å². The van der Waals surface area contributed by atoms with Crippen LogP contribution in [0.25, 0.3) is 273 Å². The van der Waals surface area contributed by atoms with Crippen LogP contribution in [0.4, 0.5) is 0 Å². The van der Waals surface area contributed by atoms with E-state index in [4.69, 9.17) is 23.5 Å². The van der Waals surface area contributed by atoms with E-state index in [1.807, 2.05) is 206 Å². The van der Waals surface area contributed by atoms with Gasteiger partial charge in [0.25, 0.3) is 0 Å². The summed E-state index contributed by atoms with van der Waals surface area (Å²) in [7, 11) is 0. The van der Waals surface area contributed by atoms with Crippen LogP contribution in [0.2, 0.25) is 0 Å². The first-order chi connectivity index (χ1) is 75.5. The lowest BCUT2D eigenvalue weighted by Crippen LogP contribution is -2.22. The standard InChI is InChI=1S/2C44H26O.C40H28O2/c1-2-9-32-27(7-1)8-5-11-33(32)28-15-17-29(18-16-28)34-23-19-30-22-26-38-35(24-20-31-21-25-37(34)42(30)43(31)38)39-12-6-13-40-36-10-3-4-14-41(36)45-44(39)40;1-2-9-32-27(7-1)8-5-11-33(32)28-15-17-29(18-16-28)34-23-21-30-19-20-31-22-24-35(38-26-25-37(34)42(30)43(31)38)39-12-6-13-40-36-10-3-4-14-41(36)45-44(39)40;1-3-13-35-27(7-1)33-11-5-9-31(39(33)41-35)25-19-17-23-15-16-24-18-20-26(30-22-21-29(25)37(23)38(24)30)32-10-6-12-34-28-8-2-4-14-36(28)42-40(32)34/h2*1-26H;1,3,5-7,9-13,15-22,28,36H,2,4,8,14H2/i2*19D,20D,21D,22D,23D,24D,25D,26D;15D,16D,17D,18D,19D,20D,21D,22D. The number of rotatable bonds is 8. The van der Waals surface area contributed by atoms with E-state index in [1.165, 1.54) is 0 Å². The molecule has 0 bridgehead atoms. The third kappa shape index (κ3) is 11.5. The van der Waals surface area contributed by atoms with Crippen LogP contribution in [-0.2, 0) is 0 Å². The molecule has 0 radical (unpaired) electrons. The Morgan fingerprint density at radius 2 is 0.455 bits per heavy atom. The van der Waals surface area contributed by atoms with Crippen molar-refractivity contribution in [2.75, 3.05) is 0 Å². The molecule has 0 N–H and O–H groups in total. The molecule has 4 nitrogen and oxygen atoms in total. The fourth-order valence-corrected chi connectivity index (χ4v) is 21.1. The molecular weight excluding hydrogens is 1600 g/mol. The molecule has 4 heterocycles. The molecule has 1 saturated carbocycles. The SMILES string of the molecule is [2H]c1c([2H])c2c([2H])c([2H])c3c(-c4cccc5c4oc4ccccc45)c([2H])c([2H])c4c([2H])c([2H])c(c1-c1ccc(-c5cccc6ccccc56)cc1)c2c43.[2H]c1c([2H])c2c([2H])c([2H])c3c([2H])c([2H])c(-c4cccc5c4oc4ccccc45)c4c([2H])c([2H])c(c1-c1ccc(-c5cccc6ccccc56)cc1)c2c34.[2H]c1c([2H])c2c([2H])c([2H])c3c([2H])c([2H])c(-c4cccc5c4oc4ccccc45)c4c([2H])c([2H])c(c1-c1cccc5c1OC1CCCCC51)c2c34. The van der Waals surface area contributed by atoms with Crippen LogP contribution in [0.15, 0.2) is 437 Å². The summed E-state index contributed by atoms with van der Waals surface area (Å²) in [6, 6.07) is 82.3. The average molecular weight is 1710 g/mol. The van der Waals surface area contributed by atoms with E-state index in [0.717, 1.165) is 107 Å². The highest BCUT2D eigenvalue weighted by Crippen LogP contribution is 2.55. The molecule has 1 aliphatic heterocycles. The van der Waals surface area contributed by atoms with Crippen molar-refractivity contribution in [2.45, 2.75) is 37.7 Å². The third-order valence-electron chi connectivity index (χ3n) is 27.3. The second-order valence-electron chi connectivity index (χ2n) is 34.3. The highest BCUT2D eigenvalue weighted by molar-refractivity contribution is 6.32. The van der Waals surface area contributed by atoms with Gasteiger partial charge in [0.05, 0.1) is 32.9 Å². The molecule has 616 valence electrons. The molecule has 0 spiro atoms. The largest absolute Gasteiger partial charge is 0.489 e. The van der Waals surface area contributed by atoms with Crippen molar-refractivity contribution in [1.82, 2.24) is 0 Å². The van der Waals surface area contributed by atoms with Gasteiger partial charge in [-0.3, -0.25) is 0 Å². The Kier molecular flexibility index (Phi) is 12.2. The van der Waals surface area contributed by atoms with Gasteiger partial charge in [-0.15, -0.1) is 0 Å². The van der Waals surface area contributed by atoms with E-state index < -0.39 is 0 Å². The van der Waals surface area contributed by atoms with Crippen LogP contribution in [0, 0.1) is 0 Å². The smallest absolute Gasteiger partial charge is 0.143 e. The lowest BCUT2D eigenvalue weighted by molar-refractivity contribution is 0.164. The summed E-state index contributed by atoms with van der Waals surface area (Å²) < 4.78 is 249. The molecule has 4 heteroatoms. The quantitative estimate of drug-likeness (QED) is 0.142. The minimum Gasteiger partial charge on any atom is -0.489 e. The molecule has 0 amide bonds. The predicted octanol–water partition coefficient (Wildman–Crippen LogP) is 36.5. The number of benzene rings is 25. The van der Waals surface area contributed by atoms with Gasteiger partial charge in [0.2, 0.25) is 0 Å². The van der Waals surface area contributed by atoms with Crippen LogP contribution in [-0.4, -0.2) is 6.10 Å². The van der Waals surface area contributed by atoms with Gasteiger partial charge in [-0.1, -0.05) is 412 Å². The number of hydrogen-bond acceptors (Lipinski definition) is 4. The van der Waals surface area contributed by atoms with Crippen molar-refractivity contribution < 1.29 is 50.9 Å². The van der Waals surface area contributed by atoms with Crippen LogP contribution < -0.4 is 4.74 Å². The molecule has 1 fully saturated rings. The zero-order valence-corrected chi connectivity index (χ0v) is 70.2. The van der Waals surface area contributed by atoms with Crippen molar-refractivity contribution in [3.8, 4) is 94.8 Å². The first kappa shape index (κ1) is 54.5. The molecule has 28 aromatic rings. The van der Waals surface area contributed by atoms with E-state index in [1.54, 1.807) is 18.2 Å². The van der Waals surface area contributed by atoms with Crippen LogP contribution in [0.5, 0.6) is 5.75 Å². The molecule has 2 atom stereocenters. The second kappa shape index (κ2) is 29.4. The molecule has 2 unspecified atom stereocenters. The molecule has 2 aliphatic rings. The minimum absolute atomic E-state index is 0.0101. The maximum absolute atomic E-state index is 9.60. The molecule has 132 heavy (non-hydrogen) atoms. The Balaban J connectivity index is 0.000000111. The normalized spacial score (nSPS) is 16.5. The molecule has 25 aromatic carbocycles. The predicted molar refractivity (Wildman–Crippen MR) is 556 cm³/mol. The minimum atomic E-state index is -0.354. The van der Waals surface area contributed by atoms with Gasteiger partial charge in [0.1, 0.15) is 45.4 Å². The van der Waals surface area contributed by atoms with E-state index in [9.17, 15) is 27.4 Å². The summed E-state index contributed by atoms with van der Waals surface area (Å²) in [5, 5.41) is 12.3. The molecule has 3 aromatic heterocycles. The van der Waals surface area contributed by atoms with Crippen LogP contribution in [0.3, 0.4) is 0 Å².